The fourth-order valence-electron chi connectivity index (χ4n) is 2.04. The third-order valence-corrected chi connectivity index (χ3v) is 3.14. The van der Waals surface area contributed by atoms with Crippen molar-refractivity contribution in [1.82, 2.24) is 4.98 Å². The molecule has 1 aliphatic heterocycles. The summed E-state index contributed by atoms with van der Waals surface area (Å²) in [5.41, 5.74) is 0.868. The number of allylic oxidation sites excluding steroid dienone is 1. The Morgan fingerprint density at radius 2 is 2.05 bits per heavy atom. The monoisotopic (exact) mass is 304 g/mol. The number of rotatable bonds is 6. The Balaban J connectivity index is 0.00000116. The van der Waals surface area contributed by atoms with Crippen molar-refractivity contribution in [3.05, 3.63) is 49.4 Å². The summed E-state index contributed by atoms with van der Waals surface area (Å²) in [5, 5.41) is 0. The Kier molecular flexibility index (Phi) is 7.92. The molecular formula is C17H24N2O3. The van der Waals surface area contributed by atoms with E-state index in [1.54, 1.807) is 6.20 Å². The molecule has 2 heterocycles. The van der Waals surface area contributed by atoms with Crippen LogP contribution in [0.3, 0.4) is 0 Å². The van der Waals surface area contributed by atoms with Crippen LogP contribution < -0.4 is 4.90 Å². The summed E-state index contributed by atoms with van der Waals surface area (Å²) < 4.78 is 10.4. The second-order valence-corrected chi connectivity index (χ2v) is 4.58. The van der Waals surface area contributed by atoms with Crippen molar-refractivity contribution in [1.29, 1.82) is 0 Å². The molecule has 0 aliphatic carbocycles. The Morgan fingerprint density at radius 1 is 1.36 bits per heavy atom. The number of anilines is 1. The van der Waals surface area contributed by atoms with E-state index in [1.165, 1.54) is 0 Å². The topological polar surface area (TPSA) is 51.7 Å². The fourth-order valence-corrected chi connectivity index (χ4v) is 2.04. The summed E-state index contributed by atoms with van der Waals surface area (Å²) in [6.07, 6.45) is 2.01. The third kappa shape index (κ3) is 5.33. The minimum absolute atomic E-state index is 0.104. The number of hydrogen-bond donors (Lipinski definition) is 0. The number of carbonyl (C=O) groups excluding carboxylic acids is 1. The van der Waals surface area contributed by atoms with Crippen LogP contribution in [-0.2, 0) is 20.7 Å². The molecule has 1 aromatic heterocycles. The molecule has 0 N–H and O–H groups in total. The van der Waals surface area contributed by atoms with Crippen molar-refractivity contribution in [2.24, 2.45) is 0 Å². The van der Waals surface area contributed by atoms with Crippen LogP contribution in [0.2, 0.25) is 0 Å². The van der Waals surface area contributed by atoms with Crippen LogP contribution >= 0.6 is 0 Å². The van der Waals surface area contributed by atoms with E-state index in [9.17, 15) is 4.79 Å². The molecule has 0 aromatic carbocycles. The average Bonchev–Trinajstić information content (AvgIpc) is 2.58. The highest BCUT2D eigenvalue weighted by Crippen LogP contribution is 2.14. The standard InChI is InChI=1S/C15H20N2O3.C2H4/c1-3-20-12(2)14(18)10-13-4-5-15(16-11-13)17-6-8-19-9-7-17;1-2/h4-5,11H,2-3,6-10H2,1H3;1-2H2. The van der Waals surface area contributed by atoms with Gasteiger partial charge in [0.25, 0.3) is 0 Å². The molecule has 1 aromatic rings. The Hall–Kier alpha value is -2.14. The van der Waals surface area contributed by atoms with Crippen molar-refractivity contribution in [2.75, 3.05) is 37.8 Å². The zero-order valence-corrected chi connectivity index (χ0v) is 13.2. The SMILES string of the molecule is C=C.C=C(OCC)C(=O)Cc1ccc(N2CCOCC2)nc1. The van der Waals surface area contributed by atoms with Crippen LogP contribution in [0.25, 0.3) is 0 Å². The van der Waals surface area contributed by atoms with Gasteiger partial charge in [0.05, 0.1) is 19.8 Å². The summed E-state index contributed by atoms with van der Waals surface area (Å²) in [6.45, 7) is 15.1. The lowest BCUT2D eigenvalue weighted by molar-refractivity contribution is -0.118. The van der Waals surface area contributed by atoms with Crippen LogP contribution in [0, 0.1) is 0 Å². The van der Waals surface area contributed by atoms with Crippen molar-refractivity contribution < 1.29 is 14.3 Å². The normalized spacial score (nSPS) is 13.8. The first-order valence-electron chi connectivity index (χ1n) is 7.33. The molecule has 0 atom stereocenters. The number of carbonyl (C=O) groups is 1. The Labute approximate surface area is 132 Å². The molecule has 5 nitrogen and oxygen atoms in total. The van der Waals surface area contributed by atoms with E-state index >= 15 is 0 Å². The summed E-state index contributed by atoms with van der Waals surface area (Å²) in [4.78, 5) is 18.4. The summed E-state index contributed by atoms with van der Waals surface area (Å²) in [5.74, 6) is 1.03. The maximum atomic E-state index is 11.8. The van der Waals surface area contributed by atoms with Gasteiger partial charge in [-0.3, -0.25) is 4.79 Å². The van der Waals surface area contributed by atoms with E-state index in [1.807, 2.05) is 19.1 Å². The average molecular weight is 304 g/mol. The lowest BCUT2D eigenvalue weighted by atomic mass is 10.1. The van der Waals surface area contributed by atoms with Gasteiger partial charge in [0.15, 0.2) is 5.76 Å². The van der Waals surface area contributed by atoms with Crippen LogP contribution in [0.5, 0.6) is 0 Å². The number of Topliss-reactive ketones (excluding diaryl/α,β-unsaturated/α-hetero) is 1. The highest BCUT2D eigenvalue weighted by atomic mass is 16.5. The van der Waals surface area contributed by atoms with E-state index < -0.39 is 0 Å². The molecule has 0 spiro atoms. The smallest absolute Gasteiger partial charge is 0.201 e. The van der Waals surface area contributed by atoms with E-state index in [0.717, 1.165) is 37.7 Å². The van der Waals surface area contributed by atoms with E-state index in [0.29, 0.717) is 6.61 Å². The van der Waals surface area contributed by atoms with Gasteiger partial charge in [0.1, 0.15) is 5.82 Å². The molecule has 0 bridgehead atoms. The van der Waals surface area contributed by atoms with E-state index in [4.69, 9.17) is 9.47 Å². The van der Waals surface area contributed by atoms with Gasteiger partial charge in [0, 0.05) is 25.7 Å². The summed E-state index contributed by atoms with van der Waals surface area (Å²) >= 11 is 0. The van der Waals surface area contributed by atoms with Crippen molar-refractivity contribution in [3.63, 3.8) is 0 Å². The number of hydrogen-bond acceptors (Lipinski definition) is 5. The third-order valence-electron chi connectivity index (χ3n) is 3.14. The minimum Gasteiger partial charge on any atom is -0.491 e. The van der Waals surface area contributed by atoms with Crippen molar-refractivity contribution in [3.8, 4) is 0 Å². The van der Waals surface area contributed by atoms with Crippen LogP contribution in [0.1, 0.15) is 12.5 Å². The van der Waals surface area contributed by atoms with Gasteiger partial charge < -0.3 is 14.4 Å². The quantitative estimate of drug-likeness (QED) is 0.459. The lowest BCUT2D eigenvalue weighted by Gasteiger charge is -2.27. The van der Waals surface area contributed by atoms with Gasteiger partial charge in [0.2, 0.25) is 5.78 Å². The molecule has 0 amide bonds. The maximum absolute atomic E-state index is 11.8. The number of pyridine rings is 1. The molecule has 1 aliphatic rings. The molecule has 5 heteroatoms. The molecule has 0 radical (unpaired) electrons. The lowest BCUT2D eigenvalue weighted by Crippen LogP contribution is -2.36. The fraction of sp³-hybridized carbons (Fsp3) is 0.412. The van der Waals surface area contributed by atoms with Gasteiger partial charge >= 0.3 is 0 Å². The minimum atomic E-state index is -0.104. The zero-order valence-electron chi connectivity index (χ0n) is 13.2. The number of ether oxygens (including phenoxy) is 2. The Bertz CT molecular complexity index is 479. The first kappa shape index (κ1) is 17.9. The van der Waals surface area contributed by atoms with Gasteiger partial charge in [-0.1, -0.05) is 12.6 Å². The van der Waals surface area contributed by atoms with Gasteiger partial charge in [-0.2, -0.15) is 0 Å². The molecule has 2 rings (SSSR count). The van der Waals surface area contributed by atoms with E-state index in [2.05, 4.69) is 29.6 Å². The van der Waals surface area contributed by atoms with Gasteiger partial charge in [-0.15, -0.1) is 13.2 Å². The second-order valence-electron chi connectivity index (χ2n) is 4.58. The predicted octanol–water partition coefficient (Wildman–Crippen LogP) is 2.38. The first-order chi connectivity index (χ1) is 10.7. The first-order valence-corrected chi connectivity index (χ1v) is 7.33. The number of aromatic nitrogens is 1. The molecule has 1 fully saturated rings. The predicted molar refractivity (Wildman–Crippen MR) is 88.0 cm³/mol. The highest BCUT2D eigenvalue weighted by Gasteiger charge is 2.13. The molecular weight excluding hydrogens is 280 g/mol. The largest absolute Gasteiger partial charge is 0.491 e. The van der Waals surface area contributed by atoms with Crippen molar-refractivity contribution in [2.45, 2.75) is 13.3 Å². The summed E-state index contributed by atoms with van der Waals surface area (Å²) in [6, 6.07) is 3.87. The molecule has 1 saturated heterocycles. The number of nitrogens with zero attached hydrogens (tertiary/aromatic N) is 2. The molecule has 0 saturated carbocycles. The maximum Gasteiger partial charge on any atom is 0.201 e. The number of morpholine rings is 1. The zero-order chi connectivity index (χ0) is 16.4. The highest BCUT2D eigenvalue weighted by molar-refractivity contribution is 5.94. The van der Waals surface area contributed by atoms with Crippen LogP contribution in [-0.4, -0.2) is 43.7 Å². The molecule has 0 unspecified atom stereocenters. The number of ketones is 1. The Morgan fingerprint density at radius 3 is 2.59 bits per heavy atom. The van der Waals surface area contributed by atoms with E-state index in [-0.39, 0.29) is 18.0 Å². The van der Waals surface area contributed by atoms with Crippen LogP contribution in [0.4, 0.5) is 5.82 Å². The van der Waals surface area contributed by atoms with Gasteiger partial charge in [-0.25, -0.2) is 4.98 Å². The van der Waals surface area contributed by atoms with Crippen LogP contribution in [0.15, 0.2) is 43.8 Å². The summed E-state index contributed by atoms with van der Waals surface area (Å²) in [7, 11) is 0. The second kappa shape index (κ2) is 9.73. The molecule has 22 heavy (non-hydrogen) atoms. The van der Waals surface area contributed by atoms with Crippen molar-refractivity contribution >= 4 is 11.6 Å². The molecule has 120 valence electrons. The van der Waals surface area contributed by atoms with Gasteiger partial charge in [-0.05, 0) is 18.6 Å².